The maximum Gasteiger partial charge on any atom is 0.134 e. The minimum absolute atomic E-state index is 0.599. The van der Waals surface area contributed by atoms with Crippen molar-refractivity contribution in [1.82, 2.24) is 19.7 Å². The van der Waals surface area contributed by atoms with E-state index in [2.05, 4.69) is 33.8 Å². The predicted molar refractivity (Wildman–Crippen MR) is 63.1 cm³/mol. The molecule has 0 fully saturated rings. The lowest BCUT2D eigenvalue weighted by Gasteiger charge is -2.23. The molecule has 0 aromatic carbocycles. The van der Waals surface area contributed by atoms with Gasteiger partial charge in [-0.05, 0) is 33.0 Å². The highest BCUT2D eigenvalue weighted by molar-refractivity contribution is 5.00. The Morgan fingerprint density at radius 1 is 1.44 bits per heavy atom. The summed E-state index contributed by atoms with van der Waals surface area (Å²) in [6.07, 6.45) is 3.15. The summed E-state index contributed by atoms with van der Waals surface area (Å²) in [5, 5.41) is 8.54. The van der Waals surface area contributed by atoms with Crippen LogP contribution in [0, 0.1) is 5.92 Å². The van der Waals surface area contributed by atoms with Gasteiger partial charge in [0.1, 0.15) is 11.6 Å². The standard InChI is InChI=1S/C11H21N5/c1-15(2)6-5-11-14-13-10-4-3-9(7-12)8-16(10)11/h9H,3-8,12H2,1-2H3. The van der Waals surface area contributed by atoms with E-state index in [4.69, 9.17) is 5.73 Å². The van der Waals surface area contributed by atoms with Crippen molar-refractivity contribution in [2.24, 2.45) is 11.7 Å². The van der Waals surface area contributed by atoms with Crippen LogP contribution in [0.4, 0.5) is 0 Å². The monoisotopic (exact) mass is 223 g/mol. The molecular weight excluding hydrogens is 202 g/mol. The lowest BCUT2D eigenvalue weighted by atomic mass is 9.99. The Bertz CT molecular complexity index is 344. The van der Waals surface area contributed by atoms with Crippen LogP contribution in [0.1, 0.15) is 18.1 Å². The summed E-state index contributed by atoms with van der Waals surface area (Å²) in [6.45, 7) is 2.79. The first kappa shape index (κ1) is 11.5. The van der Waals surface area contributed by atoms with Gasteiger partial charge in [-0.3, -0.25) is 0 Å². The summed E-state index contributed by atoms with van der Waals surface area (Å²) < 4.78 is 2.27. The average Bonchev–Trinajstić information content (AvgIpc) is 2.68. The van der Waals surface area contributed by atoms with Crippen molar-refractivity contribution >= 4 is 0 Å². The molecule has 1 atom stereocenters. The smallest absolute Gasteiger partial charge is 0.134 e. The zero-order chi connectivity index (χ0) is 11.5. The topological polar surface area (TPSA) is 60.0 Å². The van der Waals surface area contributed by atoms with Crippen molar-refractivity contribution in [3.8, 4) is 0 Å². The van der Waals surface area contributed by atoms with Gasteiger partial charge in [-0.15, -0.1) is 10.2 Å². The quantitative estimate of drug-likeness (QED) is 0.774. The van der Waals surface area contributed by atoms with Gasteiger partial charge in [0.05, 0.1) is 0 Å². The molecule has 0 saturated carbocycles. The third kappa shape index (κ3) is 2.41. The second-order valence-electron chi connectivity index (χ2n) is 4.84. The van der Waals surface area contributed by atoms with E-state index in [1.165, 1.54) is 0 Å². The largest absolute Gasteiger partial charge is 0.330 e. The van der Waals surface area contributed by atoms with Crippen LogP contribution in [0.15, 0.2) is 0 Å². The summed E-state index contributed by atoms with van der Waals surface area (Å²) in [4.78, 5) is 2.17. The number of hydrogen-bond acceptors (Lipinski definition) is 4. The number of likely N-dealkylation sites (N-methyl/N-ethyl adjacent to an activating group) is 1. The number of aryl methyl sites for hydroxylation is 1. The van der Waals surface area contributed by atoms with Gasteiger partial charge in [0.2, 0.25) is 0 Å². The predicted octanol–water partition coefficient (Wildman–Crippen LogP) is -0.0967. The average molecular weight is 223 g/mol. The Hall–Kier alpha value is -0.940. The number of nitrogens with zero attached hydrogens (tertiary/aromatic N) is 4. The molecule has 1 unspecified atom stereocenters. The fourth-order valence-electron chi connectivity index (χ4n) is 2.15. The molecule has 0 amide bonds. The Morgan fingerprint density at radius 2 is 2.25 bits per heavy atom. The van der Waals surface area contributed by atoms with E-state index in [9.17, 15) is 0 Å². The first-order valence-corrected chi connectivity index (χ1v) is 5.96. The molecule has 90 valence electrons. The second kappa shape index (κ2) is 4.93. The van der Waals surface area contributed by atoms with Crippen molar-refractivity contribution < 1.29 is 0 Å². The van der Waals surface area contributed by atoms with Crippen LogP contribution in [0.5, 0.6) is 0 Å². The molecule has 1 aliphatic heterocycles. The number of fused-ring (bicyclic) bond motifs is 1. The number of rotatable bonds is 4. The lowest BCUT2D eigenvalue weighted by Crippen LogP contribution is -2.28. The highest BCUT2D eigenvalue weighted by atomic mass is 15.3. The highest BCUT2D eigenvalue weighted by Crippen LogP contribution is 2.19. The molecule has 2 heterocycles. The molecule has 1 aliphatic rings. The van der Waals surface area contributed by atoms with E-state index in [1.54, 1.807) is 0 Å². The van der Waals surface area contributed by atoms with Crippen LogP contribution in [-0.4, -0.2) is 46.8 Å². The Labute approximate surface area is 96.6 Å². The SMILES string of the molecule is CN(C)CCc1nnc2n1CC(CN)CC2. The van der Waals surface area contributed by atoms with Crippen molar-refractivity contribution in [2.45, 2.75) is 25.8 Å². The fourth-order valence-corrected chi connectivity index (χ4v) is 2.15. The van der Waals surface area contributed by atoms with Gasteiger partial charge in [-0.1, -0.05) is 0 Å². The molecule has 0 spiro atoms. The fraction of sp³-hybridized carbons (Fsp3) is 0.818. The third-order valence-electron chi connectivity index (χ3n) is 3.24. The first-order valence-electron chi connectivity index (χ1n) is 5.96. The molecule has 1 aromatic heterocycles. The summed E-state index contributed by atoms with van der Waals surface area (Å²) in [5.41, 5.74) is 5.74. The van der Waals surface area contributed by atoms with Gasteiger partial charge in [0.15, 0.2) is 0 Å². The third-order valence-corrected chi connectivity index (χ3v) is 3.24. The molecule has 0 bridgehead atoms. The molecule has 5 heteroatoms. The molecular formula is C11H21N5. The zero-order valence-electron chi connectivity index (χ0n) is 10.2. The molecule has 0 saturated heterocycles. The van der Waals surface area contributed by atoms with Crippen molar-refractivity contribution in [3.63, 3.8) is 0 Å². The van der Waals surface area contributed by atoms with Gasteiger partial charge in [0, 0.05) is 25.9 Å². The van der Waals surface area contributed by atoms with Crippen molar-refractivity contribution in [1.29, 1.82) is 0 Å². The Balaban J connectivity index is 2.07. The molecule has 16 heavy (non-hydrogen) atoms. The van der Waals surface area contributed by atoms with Gasteiger partial charge in [-0.2, -0.15) is 0 Å². The minimum atomic E-state index is 0.599. The summed E-state index contributed by atoms with van der Waals surface area (Å²) in [5.74, 6) is 2.85. The summed E-state index contributed by atoms with van der Waals surface area (Å²) in [6, 6.07) is 0. The summed E-state index contributed by atoms with van der Waals surface area (Å²) in [7, 11) is 4.16. The van der Waals surface area contributed by atoms with E-state index in [0.717, 1.165) is 50.5 Å². The maximum absolute atomic E-state index is 5.74. The van der Waals surface area contributed by atoms with Crippen LogP contribution in [0.2, 0.25) is 0 Å². The van der Waals surface area contributed by atoms with E-state index >= 15 is 0 Å². The van der Waals surface area contributed by atoms with E-state index < -0.39 is 0 Å². The maximum atomic E-state index is 5.74. The number of nitrogens with two attached hydrogens (primary N) is 1. The van der Waals surface area contributed by atoms with E-state index in [-0.39, 0.29) is 0 Å². The minimum Gasteiger partial charge on any atom is -0.330 e. The Kier molecular flexibility index (Phi) is 3.56. The van der Waals surface area contributed by atoms with Gasteiger partial charge in [0.25, 0.3) is 0 Å². The number of aromatic nitrogens is 3. The van der Waals surface area contributed by atoms with Crippen LogP contribution >= 0.6 is 0 Å². The van der Waals surface area contributed by atoms with Crippen LogP contribution in [0.25, 0.3) is 0 Å². The van der Waals surface area contributed by atoms with E-state index in [0.29, 0.717) is 5.92 Å². The van der Waals surface area contributed by atoms with Crippen LogP contribution in [0.3, 0.4) is 0 Å². The normalized spacial score (nSPS) is 20.1. The van der Waals surface area contributed by atoms with Crippen LogP contribution < -0.4 is 5.73 Å². The van der Waals surface area contributed by atoms with Gasteiger partial charge in [-0.25, -0.2) is 0 Å². The second-order valence-corrected chi connectivity index (χ2v) is 4.84. The van der Waals surface area contributed by atoms with Gasteiger partial charge >= 0.3 is 0 Å². The Morgan fingerprint density at radius 3 is 2.94 bits per heavy atom. The molecule has 2 rings (SSSR count). The van der Waals surface area contributed by atoms with Crippen molar-refractivity contribution in [3.05, 3.63) is 11.6 Å². The van der Waals surface area contributed by atoms with Crippen molar-refractivity contribution in [2.75, 3.05) is 27.2 Å². The molecule has 0 aliphatic carbocycles. The zero-order valence-corrected chi connectivity index (χ0v) is 10.2. The van der Waals surface area contributed by atoms with Crippen LogP contribution in [-0.2, 0) is 19.4 Å². The highest BCUT2D eigenvalue weighted by Gasteiger charge is 2.21. The summed E-state index contributed by atoms with van der Waals surface area (Å²) >= 11 is 0. The number of hydrogen-bond donors (Lipinski definition) is 1. The van der Waals surface area contributed by atoms with Gasteiger partial charge < -0.3 is 15.2 Å². The molecule has 2 N–H and O–H groups in total. The van der Waals surface area contributed by atoms with E-state index in [1.807, 2.05) is 0 Å². The molecule has 5 nitrogen and oxygen atoms in total. The molecule has 1 aromatic rings. The molecule has 0 radical (unpaired) electrons. The first-order chi connectivity index (χ1) is 7.70. The lowest BCUT2D eigenvalue weighted by molar-refractivity contribution is 0.357.